The number of aromatic nitrogens is 3. The number of aryl methyl sites for hydroxylation is 1. The number of rotatable bonds is 8. The summed E-state index contributed by atoms with van der Waals surface area (Å²) in [5, 5.41) is 12.8. The Morgan fingerprint density at radius 3 is 2.61 bits per heavy atom. The van der Waals surface area contributed by atoms with Gasteiger partial charge in [0.1, 0.15) is 0 Å². The topological polar surface area (TPSA) is 76.9 Å². The van der Waals surface area contributed by atoms with Crippen molar-refractivity contribution in [3.63, 3.8) is 0 Å². The number of halogens is 1. The molecule has 33 heavy (non-hydrogen) atoms. The van der Waals surface area contributed by atoms with E-state index >= 15 is 0 Å². The maximum atomic E-state index is 12.8. The number of hydrogen-bond donors (Lipinski definition) is 1. The Morgan fingerprint density at radius 1 is 1.09 bits per heavy atom. The first-order valence-electron chi connectivity index (χ1n) is 10.2. The highest BCUT2D eigenvalue weighted by Gasteiger charge is 2.18. The molecule has 0 unspecified atom stereocenters. The van der Waals surface area contributed by atoms with Gasteiger partial charge in [-0.25, -0.2) is 0 Å². The molecular formula is C24H21ClN4O2S2. The molecular weight excluding hydrogens is 476 g/mol. The highest BCUT2D eigenvalue weighted by molar-refractivity contribution is 7.99. The highest BCUT2D eigenvalue weighted by Crippen LogP contribution is 2.30. The van der Waals surface area contributed by atoms with E-state index < -0.39 is 0 Å². The largest absolute Gasteiger partial charge is 0.351 e. The average Bonchev–Trinajstić information content (AvgIpc) is 3.44. The van der Waals surface area contributed by atoms with Crippen molar-refractivity contribution in [2.45, 2.75) is 25.5 Å². The van der Waals surface area contributed by atoms with Crippen molar-refractivity contribution >= 4 is 46.4 Å². The fourth-order valence-corrected chi connectivity index (χ4v) is 5.12. The number of carbonyl (C=O) groups is 2. The molecule has 4 aromatic rings. The number of hydrogen-bond acceptors (Lipinski definition) is 6. The van der Waals surface area contributed by atoms with Crippen LogP contribution in [0.1, 0.15) is 27.0 Å². The summed E-state index contributed by atoms with van der Waals surface area (Å²) in [6.45, 7) is 3.92. The zero-order valence-corrected chi connectivity index (χ0v) is 20.4. The zero-order valence-electron chi connectivity index (χ0n) is 18.0. The number of benzene rings is 2. The third-order valence-corrected chi connectivity index (χ3v) is 7.08. The second kappa shape index (κ2) is 10.3. The van der Waals surface area contributed by atoms with Crippen LogP contribution in [0.15, 0.2) is 65.8 Å². The van der Waals surface area contributed by atoms with Crippen molar-refractivity contribution in [1.82, 2.24) is 20.1 Å². The molecule has 4 rings (SSSR count). The van der Waals surface area contributed by atoms with Gasteiger partial charge in [0.2, 0.25) is 5.91 Å². The molecule has 2 aromatic heterocycles. The standard InChI is InChI=1S/C24H21ClN4O2S2/c1-15-4-3-5-19(12-15)29-23(17-6-8-18(25)9-7-17)27-28-24(29)32-14-21(31)22-11-10-20(33-22)13-26-16(2)30/h3-12H,13-14H2,1-2H3,(H,26,30). The summed E-state index contributed by atoms with van der Waals surface area (Å²) >= 11 is 8.80. The SMILES string of the molecule is CC(=O)NCc1ccc(C(=O)CSc2nnc(-c3ccc(Cl)cc3)n2-c2cccc(C)c2)s1. The van der Waals surface area contributed by atoms with Gasteiger partial charge < -0.3 is 5.32 Å². The third-order valence-electron chi connectivity index (χ3n) is 4.78. The van der Waals surface area contributed by atoms with Crippen molar-refractivity contribution in [3.8, 4) is 17.1 Å². The van der Waals surface area contributed by atoms with Crippen molar-refractivity contribution in [3.05, 3.63) is 81.0 Å². The summed E-state index contributed by atoms with van der Waals surface area (Å²) in [7, 11) is 0. The van der Waals surface area contributed by atoms with Crippen LogP contribution in [-0.2, 0) is 11.3 Å². The van der Waals surface area contributed by atoms with Crippen molar-refractivity contribution in [1.29, 1.82) is 0 Å². The van der Waals surface area contributed by atoms with Crippen LogP contribution >= 0.6 is 34.7 Å². The van der Waals surface area contributed by atoms with E-state index in [-0.39, 0.29) is 17.4 Å². The van der Waals surface area contributed by atoms with E-state index in [0.29, 0.717) is 27.4 Å². The van der Waals surface area contributed by atoms with Gasteiger partial charge in [-0.05, 0) is 61.0 Å². The predicted molar refractivity (Wildman–Crippen MR) is 133 cm³/mol. The van der Waals surface area contributed by atoms with Gasteiger partial charge in [-0.1, -0.05) is 35.5 Å². The van der Waals surface area contributed by atoms with Crippen molar-refractivity contribution < 1.29 is 9.59 Å². The first kappa shape index (κ1) is 23.2. The minimum Gasteiger partial charge on any atom is -0.351 e. The summed E-state index contributed by atoms with van der Waals surface area (Å²) in [5.74, 6) is 0.815. The van der Waals surface area contributed by atoms with Crippen LogP contribution < -0.4 is 5.32 Å². The molecule has 0 aliphatic heterocycles. The Kier molecular flexibility index (Phi) is 7.27. The molecule has 0 aliphatic rings. The van der Waals surface area contributed by atoms with E-state index in [0.717, 1.165) is 21.7 Å². The van der Waals surface area contributed by atoms with Gasteiger partial charge in [0.05, 0.1) is 17.2 Å². The molecule has 6 nitrogen and oxygen atoms in total. The molecule has 0 aliphatic carbocycles. The summed E-state index contributed by atoms with van der Waals surface area (Å²) in [6.07, 6.45) is 0. The van der Waals surface area contributed by atoms with Crippen LogP contribution in [0.5, 0.6) is 0 Å². The number of amides is 1. The maximum Gasteiger partial charge on any atom is 0.217 e. The Hall–Kier alpha value is -2.94. The van der Waals surface area contributed by atoms with E-state index in [4.69, 9.17) is 11.6 Å². The molecule has 1 N–H and O–H groups in total. The van der Waals surface area contributed by atoms with Crippen LogP contribution in [0, 0.1) is 6.92 Å². The Balaban J connectivity index is 1.58. The lowest BCUT2D eigenvalue weighted by Crippen LogP contribution is -2.18. The summed E-state index contributed by atoms with van der Waals surface area (Å²) in [6, 6.07) is 19.2. The number of nitrogens with zero attached hydrogens (tertiary/aromatic N) is 3. The van der Waals surface area contributed by atoms with Gasteiger partial charge in [-0.15, -0.1) is 21.5 Å². The Bertz CT molecular complexity index is 1300. The van der Waals surface area contributed by atoms with Gasteiger partial charge in [0, 0.05) is 28.1 Å². The molecule has 1 amide bonds. The number of thiophene rings is 1. The normalized spacial score (nSPS) is 10.9. The van der Waals surface area contributed by atoms with E-state index in [1.54, 1.807) is 6.07 Å². The monoisotopic (exact) mass is 496 g/mol. The zero-order chi connectivity index (χ0) is 23.4. The number of thioether (sulfide) groups is 1. The molecule has 2 heterocycles. The fraction of sp³-hybridized carbons (Fsp3) is 0.167. The second-order valence-corrected chi connectivity index (χ2v) is 9.92. The lowest BCUT2D eigenvalue weighted by atomic mass is 10.2. The summed E-state index contributed by atoms with van der Waals surface area (Å²) < 4.78 is 1.96. The first-order valence-corrected chi connectivity index (χ1v) is 12.4. The molecule has 0 saturated carbocycles. The summed E-state index contributed by atoms with van der Waals surface area (Å²) in [4.78, 5) is 25.5. The summed E-state index contributed by atoms with van der Waals surface area (Å²) in [5.41, 5.74) is 2.92. The average molecular weight is 497 g/mol. The predicted octanol–water partition coefficient (Wildman–Crippen LogP) is 5.57. The molecule has 0 atom stereocenters. The first-order chi connectivity index (χ1) is 15.9. The molecule has 0 spiro atoms. The molecule has 0 fully saturated rings. The van der Waals surface area contributed by atoms with Crippen LogP contribution in [0.4, 0.5) is 0 Å². The van der Waals surface area contributed by atoms with E-state index in [1.165, 1.54) is 30.0 Å². The number of nitrogens with one attached hydrogen (secondary N) is 1. The highest BCUT2D eigenvalue weighted by atomic mass is 35.5. The van der Waals surface area contributed by atoms with Gasteiger partial charge in [0.25, 0.3) is 0 Å². The molecule has 0 saturated heterocycles. The van der Waals surface area contributed by atoms with Crippen molar-refractivity contribution in [2.75, 3.05) is 5.75 Å². The van der Waals surface area contributed by atoms with E-state index in [1.807, 2.05) is 60.0 Å². The van der Waals surface area contributed by atoms with Crippen molar-refractivity contribution in [2.24, 2.45) is 0 Å². The van der Waals surface area contributed by atoms with Gasteiger partial charge in [-0.2, -0.15) is 0 Å². The van der Waals surface area contributed by atoms with Gasteiger partial charge in [0.15, 0.2) is 16.8 Å². The quantitative estimate of drug-likeness (QED) is 0.255. The maximum absolute atomic E-state index is 12.8. The molecule has 0 radical (unpaired) electrons. The second-order valence-electron chi connectivity index (χ2n) is 7.38. The minimum absolute atomic E-state index is 0.00547. The smallest absolute Gasteiger partial charge is 0.217 e. The fourth-order valence-electron chi connectivity index (χ4n) is 3.18. The van der Waals surface area contributed by atoms with Gasteiger partial charge >= 0.3 is 0 Å². The van der Waals surface area contributed by atoms with Crippen LogP contribution in [0.3, 0.4) is 0 Å². The number of ketones is 1. The lowest BCUT2D eigenvalue weighted by molar-refractivity contribution is -0.119. The van der Waals surface area contributed by atoms with E-state index in [2.05, 4.69) is 21.6 Å². The Labute approximate surface area is 205 Å². The van der Waals surface area contributed by atoms with Gasteiger partial charge in [-0.3, -0.25) is 14.2 Å². The third kappa shape index (κ3) is 5.71. The van der Waals surface area contributed by atoms with Crippen LogP contribution in [0.25, 0.3) is 17.1 Å². The van der Waals surface area contributed by atoms with E-state index in [9.17, 15) is 9.59 Å². The van der Waals surface area contributed by atoms with Crippen LogP contribution in [0.2, 0.25) is 5.02 Å². The number of carbonyl (C=O) groups excluding carboxylic acids is 2. The molecule has 0 bridgehead atoms. The van der Waals surface area contributed by atoms with Crippen LogP contribution in [-0.4, -0.2) is 32.2 Å². The molecule has 168 valence electrons. The number of Topliss-reactive ketones (excluding diaryl/α,β-unsaturated/α-hetero) is 1. The minimum atomic E-state index is -0.0983. The molecule has 9 heteroatoms. The Morgan fingerprint density at radius 2 is 1.88 bits per heavy atom. The molecule has 2 aromatic carbocycles. The lowest BCUT2D eigenvalue weighted by Gasteiger charge is -2.11.